The molecule has 19 heavy (non-hydrogen) atoms. The summed E-state index contributed by atoms with van der Waals surface area (Å²) in [6, 6.07) is 0. The summed E-state index contributed by atoms with van der Waals surface area (Å²) in [5.74, 6) is -1.17. The minimum Gasteiger partial charge on any atom is -0.444 e. The molecule has 0 aliphatic heterocycles. The minimum absolute atomic E-state index is 0.0451. The first-order valence-electron chi connectivity index (χ1n) is 6.12. The summed E-state index contributed by atoms with van der Waals surface area (Å²) < 4.78 is 5.27. The molecule has 0 aliphatic carbocycles. The lowest BCUT2D eigenvalue weighted by Crippen LogP contribution is -2.18. The Morgan fingerprint density at radius 3 is 2.37 bits per heavy atom. The third-order valence-electron chi connectivity index (χ3n) is 2.69. The summed E-state index contributed by atoms with van der Waals surface area (Å²) >= 11 is 0. The van der Waals surface area contributed by atoms with Crippen LogP contribution in [0.2, 0.25) is 0 Å². The molecular weight excluding hydrogens is 248 g/mol. The maximum absolute atomic E-state index is 11.6. The summed E-state index contributed by atoms with van der Waals surface area (Å²) in [6.07, 6.45) is 1.94. The second kappa shape index (κ2) is 6.17. The van der Waals surface area contributed by atoms with Gasteiger partial charge in [0.15, 0.2) is 5.78 Å². The zero-order valence-electron chi connectivity index (χ0n) is 11.3. The van der Waals surface area contributed by atoms with Crippen LogP contribution in [0.4, 0.5) is 5.88 Å². The number of carbonyl (C=O) groups is 3. The predicted octanol–water partition coefficient (Wildman–Crippen LogP) is 2.02. The van der Waals surface area contributed by atoms with E-state index in [0.29, 0.717) is 6.42 Å². The highest BCUT2D eigenvalue weighted by Crippen LogP contribution is 2.27. The molecular formula is C13H18N2O4. The van der Waals surface area contributed by atoms with E-state index in [0.717, 1.165) is 12.8 Å². The SMILES string of the molecule is CCCCC(=O)Nc1oc(C)c(C(C)=O)c1C(N)=O. The van der Waals surface area contributed by atoms with Gasteiger partial charge in [-0.3, -0.25) is 19.7 Å². The van der Waals surface area contributed by atoms with E-state index >= 15 is 0 Å². The molecule has 0 radical (unpaired) electrons. The number of carbonyl (C=O) groups excluding carboxylic acids is 3. The fraction of sp³-hybridized carbons (Fsp3) is 0.462. The van der Waals surface area contributed by atoms with Crippen LogP contribution in [0, 0.1) is 6.92 Å². The van der Waals surface area contributed by atoms with Crippen LogP contribution in [0.3, 0.4) is 0 Å². The van der Waals surface area contributed by atoms with Crippen molar-refractivity contribution in [2.24, 2.45) is 5.73 Å². The van der Waals surface area contributed by atoms with Crippen molar-refractivity contribution in [2.75, 3.05) is 5.32 Å². The molecule has 6 nitrogen and oxygen atoms in total. The number of aryl methyl sites for hydroxylation is 1. The molecule has 0 unspecified atom stereocenters. The molecule has 2 amide bonds. The molecule has 6 heteroatoms. The Kier molecular flexibility index (Phi) is 4.86. The molecule has 0 atom stereocenters. The number of nitrogens with two attached hydrogens (primary N) is 1. The average Bonchev–Trinajstić information content (AvgIpc) is 2.63. The number of nitrogens with one attached hydrogen (secondary N) is 1. The van der Waals surface area contributed by atoms with Crippen molar-refractivity contribution in [3.05, 3.63) is 16.9 Å². The molecule has 0 bridgehead atoms. The van der Waals surface area contributed by atoms with Crippen molar-refractivity contribution in [1.29, 1.82) is 0 Å². The second-order valence-corrected chi connectivity index (χ2v) is 4.31. The van der Waals surface area contributed by atoms with E-state index in [4.69, 9.17) is 10.2 Å². The number of hydrogen-bond donors (Lipinski definition) is 2. The van der Waals surface area contributed by atoms with Crippen LogP contribution in [-0.4, -0.2) is 17.6 Å². The Labute approximate surface area is 111 Å². The fourth-order valence-corrected chi connectivity index (χ4v) is 1.82. The molecule has 0 aromatic carbocycles. The molecule has 1 aromatic rings. The molecule has 1 rings (SSSR count). The first kappa shape index (κ1) is 14.9. The predicted molar refractivity (Wildman–Crippen MR) is 70.1 cm³/mol. The Morgan fingerprint density at radius 1 is 1.26 bits per heavy atom. The summed E-state index contributed by atoms with van der Waals surface area (Å²) in [5.41, 5.74) is 5.30. The van der Waals surface area contributed by atoms with Gasteiger partial charge in [-0.25, -0.2) is 0 Å². The quantitative estimate of drug-likeness (QED) is 0.769. The van der Waals surface area contributed by atoms with Gasteiger partial charge in [0.25, 0.3) is 5.91 Å². The Morgan fingerprint density at radius 2 is 1.89 bits per heavy atom. The number of amides is 2. The van der Waals surface area contributed by atoms with Gasteiger partial charge in [-0.05, 0) is 20.3 Å². The first-order chi connectivity index (χ1) is 8.88. The first-order valence-corrected chi connectivity index (χ1v) is 6.12. The molecule has 104 valence electrons. The van der Waals surface area contributed by atoms with Crippen LogP contribution in [-0.2, 0) is 4.79 Å². The molecule has 0 spiro atoms. The van der Waals surface area contributed by atoms with Crippen molar-refractivity contribution in [3.8, 4) is 0 Å². The minimum atomic E-state index is -0.798. The third kappa shape index (κ3) is 3.43. The van der Waals surface area contributed by atoms with Gasteiger partial charge in [0.1, 0.15) is 11.3 Å². The van der Waals surface area contributed by atoms with Gasteiger partial charge in [-0.15, -0.1) is 0 Å². The summed E-state index contributed by atoms with van der Waals surface area (Å²) in [4.78, 5) is 34.5. The maximum atomic E-state index is 11.6. The number of anilines is 1. The van der Waals surface area contributed by atoms with Crippen molar-refractivity contribution in [3.63, 3.8) is 0 Å². The Bertz CT molecular complexity index is 517. The normalized spacial score (nSPS) is 10.3. The highest BCUT2D eigenvalue weighted by molar-refractivity contribution is 6.11. The van der Waals surface area contributed by atoms with Crippen LogP contribution in [0.15, 0.2) is 4.42 Å². The number of ketones is 1. The second-order valence-electron chi connectivity index (χ2n) is 4.31. The maximum Gasteiger partial charge on any atom is 0.255 e. The van der Waals surface area contributed by atoms with Crippen LogP contribution < -0.4 is 11.1 Å². The molecule has 3 N–H and O–H groups in total. The standard InChI is InChI=1S/C13H18N2O4/c1-4-5-6-9(17)15-13-11(12(14)18)10(7(2)16)8(3)19-13/h4-6H2,1-3H3,(H2,14,18)(H,15,17). The lowest BCUT2D eigenvalue weighted by atomic mass is 10.1. The van der Waals surface area contributed by atoms with Gasteiger partial charge < -0.3 is 10.2 Å². The monoisotopic (exact) mass is 266 g/mol. The number of furan rings is 1. The summed E-state index contributed by atoms with van der Waals surface area (Å²) in [5, 5.41) is 2.48. The summed E-state index contributed by atoms with van der Waals surface area (Å²) in [7, 11) is 0. The van der Waals surface area contributed by atoms with E-state index in [2.05, 4.69) is 5.32 Å². The zero-order valence-corrected chi connectivity index (χ0v) is 11.3. The highest BCUT2D eigenvalue weighted by atomic mass is 16.4. The number of rotatable bonds is 6. The van der Waals surface area contributed by atoms with Crippen molar-refractivity contribution in [2.45, 2.75) is 40.0 Å². The number of Topliss-reactive ketones (excluding diaryl/α,β-unsaturated/α-hetero) is 1. The summed E-state index contributed by atoms with van der Waals surface area (Å²) in [6.45, 7) is 4.82. The Hall–Kier alpha value is -2.11. The van der Waals surface area contributed by atoms with E-state index in [1.54, 1.807) is 6.92 Å². The van der Waals surface area contributed by atoms with E-state index < -0.39 is 5.91 Å². The van der Waals surface area contributed by atoms with E-state index in [-0.39, 0.29) is 34.5 Å². The van der Waals surface area contributed by atoms with E-state index in [1.807, 2.05) is 6.92 Å². The Balaban J connectivity index is 3.08. The van der Waals surface area contributed by atoms with Crippen LogP contribution in [0.25, 0.3) is 0 Å². The van der Waals surface area contributed by atoms with E-state index in [1.165, 1.54) is 6.92 Å². The van der Waals surface area contributed by atoms with Crippen LogP contribution in [0.5, 0.6) is 0 Å². The number of unbranched alkanes of at least 4 members (excludes halogenated alkanes) is 1. The lowest BCUT2D eigenvalue weighted by Gasteiger charge is -2.03. The highest BCUT2D eigenvalue weighted by Gasteiger charge is 2.25. The van der Waals surface area contributed by atoms with Crippen LogP contribution >= 0.6 is 0 Å². The average molecular weight is 266 g/mol. The van der Waals surface area contributed by atoms with Gasteiger partial charge in [0.2, 0.25) is 11.8 Å². The van der Waals surface area contributed by atoms with Crippen molar-refractivity contribution < 1.29 is 18.8 Å². The smallest absolute Gasteiger partial charge is 0.255 e. The van der Waals surface area contributed by atoms with Gasteiger partial charge in [0, 0.05) is 6.42 Å². The zero-order chi connectivity index (χ0) is 14.6. The number of primary amides is 1. The molecule has 1 heterocycles. The van der Waals surface area contributed by atoms with Gasteiger partial charge in [0.05, 0.1) is 5.56 Å². The van der Waals surface area contributed by atoms with Crippen molar-refractivity contribution in [1.82, 2.24) is 0 Å². The topological polar surface area (TPSA) is 102 Å². The number of hydrogen-bond acceptors (Lipinski definition) is 4. The van der Waals surface area contributed by atoms with E-state index in [9.17, 15) is 14.4 Å². The van der Waals surface area contributed by atoms with Crippen molar-refractivity contribution >= 4 is 23.5 Å². The molecule has 1 aromatic heterocycles. The lowest BCUT2D eigenvalue weighted by molar-refractivity contribution is -0.116. The fourth-order valence-electron chi connectivity index (χ4n) is 1.82. The van der Waals surface area contributed by atoms with Gasteiger partial charge in [-0.1, -0.05) is 13.3 Å². The largest absolute Gasteiger partial charge is 0.444 e. The molecule has 0 saturated carbocycles. The van der Waals surface area contributed by atoms with Gasteiger partial charge >= 0.3 is 0 Å². The molecule has 0 fully saturated rings. The van der Waals surface area contributed by atoms with Gasteiger partial charge in [-0.2, -0.15) is 0 Å². The molecule has 0 aliphatic rings. The van der Waals surface area contributed by atoms with Crippen LogP contribution in [0.1, 0.15) is 59.6 Å². The third-order valence-corrected chi connectivity index (χ3v) is 2.69. The molecule has 0 saturated heterocycles.